The van der Waals surface area contributed by atoms with E-state index in [1.807, 2.05) is 11.8 Å². The first kappa shape index (κ1) is 15.5. The van der Waals surface area contributed by atoms with Crippen molar-refractivity contribution < 1.29 is 9.90 Å². The standard InChI is InChI=1S/C17H27N3O2/c1-4-11(2)20-16(13-5-6-13)15(9-18-20)17(22)19-8-7-14(10-19)12(3)21/h9,11-14,21H,4-8,10H2,1-3H3. The van der Waals surface area contributed by atoms with E-state index < -0.39 is 0 Å². The first-order valence-electron chi connectivity index (χ1n) is 8.57. The summed E-state index contributed by atoms with van der Waals surface area (Å²) in [6.45, 7) is 7.53. The van der Waals surface area contributed by atoms with Crippen molar-refractivity contribution in [3.05, 3.63) is 17.5 Å². The summed E-state index contributed by atoms with van der Waals surface area (Å²) in [6.07, 6.45) is 5.66. The predicted molar refractivity (Wildman–Crippen MR) is 84.9 cm³/mol. The number of hydrogen-bond acceptors (Lipinski definition) is 3. The fourth-order valence-corrected chi connectivity index (χ4v) is 3.36. The second kappa shape index (κ2) is 6.03. The molecule has 1 amide bonds. The number of aliphatic hydroxyl groups is 1. The highest BCUT2D eigenvalue weighted by atomic mass is 16.3. The van der Waals surface area contributed by atoms with Crippen LogP contribution in [0.3, 0.4) is 0 Å². The first-order valence-corrected chi connectivity index (χ1v) is 8.57. The van der Waals surface area contributed by atoms with E-state index in [0.29, 0.717) is 18.5 Å². The average Bonchev–Trinajstić information content (AvgIpc) is 3.06. The lowest BCUT2D eigenvalue weighted by Gasteiger charge is -2.19. The largest absolute Gasteiger partial charge is 0.393 e. The van der Waals surface area contributed by atoms with Crippen LogP contribution >= 0.6 is 0 Å². The SMILES string of the molecule is CCC(C)n1ncc(C(=O)N2CCC(C(C)O)C2)c1C1CC1. The van der Waals surface area contributed by atoms with Crippen LogP contribution < -0.4 is 0 Å². The van der Waals surface area contributed by atoms with Crippen molar-refractivity contribution in [3.8, 4) is 0 Å². The van der Waals surface area contributed by atoms with Gasteiger partial charge in [-0.15, -0.1) is 0 Å². The lowest BCUT2D eigenvalue weighted by Crippen LogP contribution is -2.31. The van der Waals surface area contributed by atoms with Crippen molar-refractivity contribution in [2.24, 2.45) is 5.92 Å². The van der Waals surface area contributed by atoms with Gasteiger partial charge in [-0.2, -0.15) is 5.10 Å². The molecule has 1 N–H and O–H groups in total. The quantitative estimate of drug-likeness (QED) is 0.909. The van der Waals surface area contributed by atoms with Gasteiger partial charge in [-0.25, -0.2) is 0 Å². The number of carbonyl (C=O) groups is 1. The van der Waals surface area contributed by atoms with E-state index in [1.54, 1.807) is 6.20 Å². The van der Waals surface area contributed by atoms with Gasteiger partial charge in [0.25, 0.3) is 5.91 Å². The molecule has 3 rings (SSSR count). The fraction of sp³-hybridized carbons (Fsp3) is 0.765. The minimum absolute atomic E-state index is 0.0969. The predicted octanol–water partition coefficient (Wildman–Crippen LogP) is 2.57. The molecule has 1 aliphatic heterocycles. The lowest BCUT2D eigenvalue weighted by molar-refractivity contribution is 0.0761. The zero-order valence-electron chi connectivity index (χ0n) is 13.8. The van der Waals surface area contributed by atoms with E-state index in [1.165, 1.54) is 12.8 Å². The molecule has 2 aliphatic rings. The van der Waals surface area contributed by atoms with E-state index in [-0.39, 0.29) is 17.9 Å². The normalized spacial score (nSPS) is 24.5. The molecule has 0 radical (unpaired) electrons. The van der Waals surface area contributed by atoms with E-state index in [2.05, 4.69) is 23.6 Å². The summed E-state index contributed by atoms with van der Waals surface area (Å²) in [7, 11) is 0. The van der Waals surface area contributed by atoms with Gasteiger partial charge in [-0.3, -0.25) is 9.48 Å². The number of rotatable bonds is 5. The van der Waals surface area contributed by atoms with E-state index >= 15 is 0 Å². The van der Waals surface area contributed by atoms with Crippen LogP contribution in [0.1, 0.15) is 74.5 Å². The number of aliphatic hydroxyl groups excluding tert-OH is 1. The molecule has 3 atom stereocenters. The molecule has 1 saturated heterocycles. The summed E-state index contributed by atoms with van der Waals surface area (Å²) >= 11 is 0. The second-order valence-electron chi connectivity index (χ2n) is 6.96. The minimum Gasteiger partial charge on any atom is -0.393 e. The van der Waals surface area contributed by atoms with Crippen LogP contribution in [0, 0.1) is 5.92 Å². The first-order chi connectivity index (χ1) is 10.5. The molecule has 5 heteroatoms. The smallest absolute Gasteiger partial charge is 0.257 e. The Kier molecular flexibility index (Phi) is 4.26. The van der Waals surface area contributed by atoms with Crippen LogP contribution in [0.5, 0.6) is 0 Å². The van der Waals surface area contributed by atoms with Gasteiger partial charge in [0.05, 0.1) is 23.6 Å². The van der Waals surface area contributed by atoms with Crippen molar-refractivity contribution in [2.75, 3.05) is 13.1 Å². The van der Waals surface area contributed by atoms with Gasteiger partial charge in [0, 0.05) is 31.0 Å². The molecule has 5 nitrogen and oxygen atoms in total. The Labute approximate surface area is 132 Å². The number of likely N-dealkylation sites (tertiary alicyclic amines) is 1. The van der Waals surface area contributed by atoms with E-state index in [4.69, 9.17) is 0 Å². The number of aromatic nitrogens is 2. The molecule has 0 aromatic carbocycles. The Bertz CT molecular complexity index is 548. The molecule has 0 spiro atoms. The van der Waals surface area contributed by atoms with E-state index in [0.717, 1.165) is 30.6 Å². The van der Waals surface area contributed by atoms with Gasteiger partial charge in [0.15, 0.2) is 0 Å². The maximum absolute atomic E-state index is 12.9. The molecule has 1 aliphatic carbocycles. The van der Waals surface area contributed by atoms with Crippen molar-refractivity contribution >= 4 is 5.91 Å². The summed E-state index contributed by atoms with van der Waals surface area (Å²) in [5.41, 5.74) is 1.92. The summed E-state index contributed by atoms with van der Waals surface area (Å²) in [5, 5.41) is 14.2. The molecule has 1 saturated carbocycles. The molecular weight excluding hydrogens is 278 g/mol. The highest BCUT2D eigenvalue weighted by molar-refractivity contribution is 5.95. The van der Waals surface area contributed by atoms with Crippen LogP contribution in [0.4, 0.5) is 0 Å². The molecule has 1 aromatic heterocycles. The molecule has 2 heterocycles. The van der Waals surface area contributed by atoms with Gasteiger partial charge in [0.1, 0.15) is 0 Å². The molecule has 3 unspecified atom stereocenters. The van der Waals surface area contributed by atoms with Gasteiger partial charge >= 0.3 is 0 Å². The summed E-state index contributed by atoms with van der Waals surface area (Å²) in [6, 6.07) is 0.334. The molecular formula is C17H27N3O2. The summed E-state index contributed by atoms with van der Waals surface area (Å²) in [4.78, 5) is 14.8. The zero-order chi connectivity index (χ0) is 15.9. The molecule has 122 valence electrons. The number of amides is 1. The highest BCUT2D eigenvalue weighted by Crippen LogP contribution is 2.43. The van der Waals surface area contributed by atoms with Crippen molar-refractivity contribution in [2.45, 2.75) is 64.5 Å². The Morgan fingerprint density at radius 3 is 2.68 bits per heavy atom. The minimum atomic E-state index is -0.344. The van der Waals surface area contributed by atoms with Crippen molar-refractivity contribution in [1.82, 2.24) is 14.7 Å². The maximum Gasteiger partial charge on any atom is 0.257 e. The summed E-state index contributed by atoms with van der Waals surface area (Å²) in [5.74, 6) is 0.808. The van der Waals surface area contributed by atoms with Crippen LogP contribution in [-0.4, -0.2) is 44.9 Å². The third-order valence-electron chi connectivity index (χ3n) is 5.23. The third-order valence-corrected chi connectivity index (χ3v) is 5.23. The van der Waals surface area contributed by atoms with Crippen LogP contribution in [0.25, 0.3) is 0 Å². The molecule has 0 bridgehead atoms. The number of carbonyl (C=O) groups excluding carboxylic acids is 1. The average molecular weight is 305 g/mol. The van der Waals surface area contributed by atoms with Crippen LogP contribution in [0.2, 0.25) is 0 Å². The Morgan fingerprint density at radius 2 is 2.14 bits per heavy atom. The van der Waals surface area contributed by atoms with E-state index in [9.17, 15) is 9.90 Å². The maximum atomic E-state index is 12.9. The van der Waals surface area contributed by atoms with Crippen LogP contribution in [-0.2, 0) is 0 Å². The third kappa shape index (κ3) is 2.78. The molecule has 22 heavy (non-hydrogen) atoms. The second-order valence-corrected chi connectivity index (χ2v) is 6.96. The van der Waals surface area contributed by atoms with Gasteiger partial charge in [0.2, 0.25) is 0 Å². The van der Waals surface area contributed by atoms with Gasteiger partial charge in [-0.1, -0.05) is 6.92 Å². The highest BCUT2D eigenvalue weighted by Gasteiger charge is 2.36. The van der Waals surface area contributed by atoms with Crippen LogP contribution in [0.15, 0.2) is 6.20 Å². The Hall–Kier alpha value is -1.36. The van der Waals surface area contributed by atoms with Crippen molar-refractivity contribution in [3.63, 3.8) is 0 Å². The Morgan fingerprint density at radius 1 is 1.41 bits per heavy atom. The summed E-state index contributed by atoms with van der Waals surface area (Å²) < 4.78 is 2.06. The zero-order valence-corrected chi connectivity index (χ0v) is 13.8. The lowest BCUT2D eigenvalue weighted by atomic mass is 10.0. The topological polar surface area (TPSA) is 58.4 Å². The molecule has 1 aromatic rings. The monoisotopic (exact) mass is 305 g/mol. The van der Waals surface area contributed by atoms with Gasteiger partial charge in [-0.05, 0) is 39.5 Å². The fourth-order valence-electron chi connectivity index (χ4n) is 3.36. The van der Waals surface area contributed by atoms with Crippen molar-refractivity contribution in [1.29, 1.82) is 0 Å². The van der Waals surface area contributed by atoms with Gasteiger partial charge < -0.3 is 10.0 Å². The number of hydrogen-bond donors (Lipinski definition) is 1. The molecule has 2 fully saturated rings. The number of nitrogens with zero attached hydrogens (tertiary/aromatic N) is 3. The Balaban J connectivity index is 1.83.